The van der Waals surface area contributed by atoms with Crippen LogP contribution in [0.3, 0.4) is 0 Å². The molecule has 0 spiro atoms. The van der Waals surface area contributed by atoms with Gasteiger partial charge in [-0.3, -0.25) is 9.59 Å². The van der Waals surface area contributed by atoms with Crippen molar-refractivity contribution in [1.29, 1.82) is 0 Å². The molecule has 1 saturated heterocycles. The van der Waals surface area contributed by atoms with Gasteiger partial charge < -0.3 is 14.9 Å². The summed E-state index contributed by atoms with van der Waals surface area (Å²) in [6.45, 7) is 5.41. The molecule has 102 valence electrons. The molecule has 1 aromatic rings. The van der Waals surface area contributed by atoms with Gasteiger partial charge in [0.05, 0.1) is 5.56 Å². The van der Waals surface area contributed by atoms with Gasteiger partial charge in [0.15, 0.2) is 0 Å². The number of nitrogens with zero attached hydrogens (tertiary/aromatic N) is 2. The molecule has 1 heterocycles. The first-order valence-electron chi connectivity index (χ1n) is 6.34. The highest BCUT2D eigenvalue weighted by molar-refractivity contribution is 5.97. The van der Waals surface area contributed by atoms with Crippen LogP contribution in [-0.4, -0.2) is 52.9 Å². The summed E-state index contributed by atoms with van der Waals surface area (Å²) in [5, 5.41) is 9.93. The monoisotopic (exact) mass is 262 g/mol. The molecule has 0 radical (unpaired) electrons. The number of rotatable bonds is 1. The zero-order valence-corrected chi connectivity index (χ0v) is 11.2. The third-order valence-corrected chi connectivity index (χ3v) is 3.48. The van der Waals surface area contributed by atoms with Crippen molar-refractivity contribution in [3.63, 3.8) is 0 Å². The number of phenols is 1. The van der Waals surface area contributed by atoms with Crippen LogP contribution in [0.2, 0.25) is 0 Å². The lowest BCUT2D eigenvalue weighted by Gasteiger charge is -2.34. The van der Waals surface area contributed by atoms with Crippen LogP contribution >= 0.6 is 0 Å². The first-order chi connectivity index (χ1) is 9.00. The van der Waals surface area contributed by atoms with Crippen LogP contribution in [0, 0.1) is 6.92 Å². The van der Waals surface area contributed by atoms with E-state index < -0.39 is 0 Å². The van der Waals surface area contributed by atoms with E-state index in [2.05, 4.69) is 0 Å². The van der Waals surface area contributed by atoms with Gasteiger partial charge in [-0.1, -0.05) is 12.1 Å². The number of piperazine rings is 1. The van der Waals surface area contributed by atoms with Gasteiger partial charge in [-0.2, -0.15) is 0 Å². The van der Waals surface area contributed by atoms with E-state index in [1.165, 1.54) is 6.92 Å². The predicted molar refractivity (Wildman–Crippen MR) is 71.0 cm³/mol. The SMILES string of the molecule is CC(=O)N1CCN(C(=O)c2cccc(C)c2O)CC1. The minimum absolute atomic E-state index is 0.0329. The molecule has 5 heteroatoms. The number of carbonyl (C=O) groups excluding carboxylic acids is 2. The summed E-state index contributed by atoms with van der Waals surface area (Å²) in [6, 6.07) is 5.15. The van der Waals surface area contributed by atoms with Crippen LogP contribution in [0.5, 0.6) is 5.75 Å². The molecule has 0 aromatic heterocycles. The number of para-hydroxylation sites is 1. The second-order valence-corrected chi connectivity index (χ2v) is 4.77. The molecule has 0 aliphatic carbocycles. The van der Waals surface area contributed by atoms with Crippen molar-refractivity contribution in [3.8, 4) is 5.75 Å². The summed E-state index contributed by atoms with van der Waals surface area (Å²) in [7, 11) is 0. The van der Waals surface area contributed by atoms with Crippen LogP contribution in [0.4, 0.5) is 0 Å². The van der Waals surface area contributed by atoms with E-state index in [1.54, 1.807) is 34.9 Å². The van der Waals surface area contributed by atoms with Crippen LogP contribution < -0.4 is 0 Å². The highest BCUT2D eigenvalue weighted by Crippen LogP contribution is 2.23. The average Bonchev–Trinajstić information content (AvgIpc) is 2.41. The van der Waals surface area contributed by atoms with Gasteiger partial charge >= 0.3 is 0 Å². The minimum Gasteiger partial charge on any atom is -0.507 e. The highest BCUT2D eigenvalue weighted by atomic mass is 16.3. The van der Waals surface area contributed by atoms with Gasteiger partial charge in [0.1, 0.15) is 5.75 Å². The Morgan fingerprint density at radius 1 is 1.11 bits per heavy atom. The first-order valence-corrected chi connectivity index (χ1v) is 6.34. The lowest BCUT2D eigenvalue weighted by Crippen LogP contribution is -2.50. The topological polar surface area (TPSA) is 60.9 Å². The summed E-state index contributed by atoms with van der Waals surface area (Å²) in [6.07, 6.45) is 0. The number of phenolic OH excluding ortho intramolecular Hbond substituents is 1. The Morgan fingerprint density at radius 2 is 1.68 bits per heavy atom. The second-order valence-electron chi connectivity index (χ2n) is 4.77. The molecular weight excluding hydrogens is 244 g/mol. The van der Waals surface area contributed by atoms with E-state index in [4.69, 9.17) is 0 Å². The van der Waals surface area contributed by atoms with Crippen LogP contribution in [0.25, 0.3) is 0 Å². The van der Waals surface area contributed by atoms with Gasteiger partial charge in [0.2, 0.25) is 5.91 Å². The van der Waals surface area contributed by atoms with E-state index in [0.717, 1.165) is 0 Å². The van der Waals surface area contributed by atoms with E-state index in [1.807, 2.05) is 0 Å². The first kappa shape index (κ1) is 13.4. The van der Waals surface area contributed by atoms with E-state index in [9.17, 15) is 14.7 Å². The molecule has 2 amide bonds. The molecule has 5 nitrogen and oxygen atoms in total. The van der Waals surface area contributed by atoms with Crippen molar-refractivity contribution in [1.82, 2.24) is 9.80 Å². The Balaban J connectivity index is 2.09. The van der Waals surface area contributed by atoms with E-state index in [0.29, 0.717) is 37.3 Å². The molecule has 0 unspecified atom stereocenters. The molecule has 0 atom stereocenters. The highest BCUT2D eigenvalue weighted by Gasteiger charge is 2.24. The fourth-order valence-electron chi connectivity index (χ4n) is 2.23. The maximum atomic E-state index is 12.3. The standard InChI is InChI=1S/C14H18N2O3/c1-10-4-3-5-12(13(10)18)14(19)16-8-6-15(7-9-16)11(2)17/h3-5,18H,6-9H2,1-2H3. The summed E-state index contributed by atoms with van der Waals surface area (Å²) in [5.74, 6) is -0.101. The van der Waals surface area contributed by atoms with Crippen molar-refractivity contribution >= 4 is 11.8 Å². The molecule has 1 N–H and O–H groups in total. The van der Waals surface area contributed by atoms with Gasteiger partial charge in [-0.15, -0.1) is 0 Å². The van der Waals surface area contributed by atoms with Crippen molar-refractivity contribution in [3.05, 3.63) is 29.3 Å². The number of hydrogen-bond donors (Lipinski definition) is 1. The van der Waals surface area contributed by atoms with Crippen LogP contribution in [0.15, 0.2) is 18.2 Å². The number of amides is 2. The Bertz CT molecular complexity index is 505. The van der Waals surface area contributed by atoms with Gasteiger partial charge in [-0.05, 0) is 18.6 Å². The average molecular weight is 262 g/mol. The number of aromatic hydroxyl groups is 1. The zero-order chi connectivity index (χ0) is 14.0. The Hall–Kier alpha value is -2.04. The third-order valence-electron chi connectivity index (χ3n) is 3.48. The molecule has 0 saturated carbocycles. The zero-order valence-electron chi connectivity index (χ0n) is 11.2. The smallest absolute Gasteiger partial charge is 0.257 e. The Labute approximate surface area is 112 Å². The fraction of sp³-hybridized carbons (Fsp3) is 0.429. The summed E-state index contributed by atoms with van der Waals surface area (Å²) >= 11 is 0. The molecule has 19 heavy (non-hydrogen) atoms. The predicted octanol–water partition coefficient (Wildman–Crippen LogP) is 1.00. The third kappa shape index (κ3) is 2.70. The number of hydrogen-bond acceptors (Lipinski definition) is 3. The van der Waals surface area contributed by atoms with Gasteiger partial charge in [-0.25, -0.2) is 0 Å². The Kier molecular flexibility index (Phi) is 3.74. The second kappa shape index (κ2) is 5.30. The molecule has 2 rings (SSSR count). The molecule has 0 bridgehead atoms. The van der Waals surface area contributed by atoms with E-state index >= 15 is 0 Å². The molecular formula is C14H18N2O3. The minimum atomic E-state index is -0.176. The van der Waals surface area contributed by atoms with Crippen molar-refractivity contribution in [2.24, 2.45) is 0 Å². The number of benzene rings is 1. The van der Waals surface area contributed by atoms with Gasteiger partial charge in [0, 0.05) is 33.1 Å². The summed E-state index contributed by atoms with van der Waals surface area (Å²) in [5.41, 5.74) is 1.02. The molecule has 1 aliphatic rings. The van der Waals surface area contributed by atoms with Crippen LogP contribution in [-0.2, 0) is 4.79 Å². The number of aryl methyl sites for hydroxylation is 1. The van der Waals surface area contributed by atoms with Crippen molar-refractivity contribution < 1.29 is 14.7 Å². The van der Waals surface area contributed by atoms with Crippen LogP contribution in [0.1, 0.15) is 22.8 Å². The molecule has 1 fully saturated rings. The maximum absolute atomic E-state index is 12.3. The lowest BCUT2D eigenvalue weighted by atomic mass is 10.1. The quantitative estimate of drug-likeness (QED) is 0.821. The Morgan fingerprint density at radius 3 is 2.26 bits per heavy atom. The maximum Gasteiger partial charge on any atom is 0.257 e. The molecule has 1 aliphatic heterocycles. The summed E-state index contributed by atoms with van der Waals surface area (Å²) in [4.78, 5) is 26.9. The van der Waals surface area contributed by atoms with E-state index in [-0.39, 0.29) is 17.6 Å². The fourth-order valence-corrected chi connectivity index (χ4v) is 2.23. The van der Waals surface area contributed by atoms with Crippen molar-refractivity contribution in [2.45, 2.75) is 13.8 Å². The normalized spacial score (nSPS) is 15.5. The number of carbonyl (C=O) groups is 2. The molecule has 1 aromatic carbocycles. The lowest BCUT2D eigenvalue weighted by molar-refractivity contribution is -0.130. The van der Waals surface area contributed by atoms with Crippen molar-refractivity contribution in [2.75, 3.05) is 26.2 Å². The summed E-state index contributed by atoms with van der Waals surface area (Å²) < 4.78 is 0. The van der Waals surface area contributed by atoms with Gasteiger partial charge in [0.25, 0.3) is 5.91 Å². The largest absolute Gasteiger partial charge is 0.507 e.